The molecule has 0 aliphatic carbocycles. The van der Waals surface area contributed by atoms with Crippen LogP contribution in [0.2, 0.25) is 0 Å². The van der Waals surface area contributed by atoms with E-state index >= 15 is 0 Å². The summed E-state index contributed by atoms with van der Waals surface area (Å²) in [4.78, 5) is 41.7. The normalized spacial score (nSPS) is 18.7. The lowest BCUT2D eigenvalue weighted by atomic mass is 10.1. The summed E-state index contributed by atoms with van der Waals surface area (Å²) < 4.78 is 4.52. The molecule has 0 bridgehead atoms. The number of nitrogens with one attached hydrogen (secondary N) is 2. The zero-order chi connectivity index (χ0) is 13.8. The number of rotatable bonds is 3. The summed E-state index contributed by atoms with van der Waals surface area (Å²) in [5.74, 6) is -1.05. The van der Waals surface area contributed by atoms with Crippen LogP contribution in [0.4, 0.5) is 5.82 Å². The first-order valence-electron chi connectivity index (χ1n) is 5.60. The number of carbonyl (C=O) groups is 3. The molecule has 1 aromatic rings. The molecular formula is C11H12N4O4. The van der Waals surface area contributed by atoms with Crippen LogP contribution in [-0.2, 0) is 14.3 Å². The summed E-state index contributed by atoms with van der Waals surface area (Å²) >= 11 is 0. The average molecular weight is 264 g/mol. The fraction of sp³-hybridized carbons (Fsp3) is 0.364. The molecule has 19 heavy (non-hydrogen) atoms. The summed E-state index contributed by atoms with van der Waals surface area (Å²) in [6.07, 6.45) is 3.28. The Balaban J connectivity index is 2.09. The van der Waals surface area contributed by atoms with Gasteiger partial charge in [0, 0.05) is 6.42 Å². The number of carbonyl (C=O) groups excluding carboxylic acids is 3. The molecule has 8 heteroatoms. The smallest absolute Gasteiger partial charge is 0.358 e. The molecule has 1 fully saturated rings. The van der Waals surface area contributed by atoms with Gasteiger partial charge >= 0.3 is 5.97 Å². The molecule has 1 aliphatic heterocycles. The third-order valence-electron chi connectivity index (χ3n) is 2.59. The topological polar surface area (TPSA) is 110 Å². The maximum atomic E-state index is 11.5. The summed E-state index contributed by atoms with van der Waals surface area (Å²) in [6, 6.07) is -0.570. The van der Waals surface area contributed by atoms with Gasteiger partial charge in [0.2, 0.25) is 11.8 Å². The maximum absolute atomic E-state index is 11.5. The number of imide groups is 1. The van der Waals surface area contributed by atoms with E-state index in [-0.39, 0.29) is 23.8 Å². The number of piperidine rings is 1. The largest absolute Gasteiger partial charge is 0.464 e. The molecule has 1 saturated heterocycles. The summed E-state index contributed by atoms with van der Waals surface area (Å²) in [7, 11) is 1.24. The fourth-order valence-electron chi connectivity index (χ4n) is 1.65. The van der Waals surface area contributed by atoms with E-state index in [1.807, 2.05) is 0 Å². The lowest BCUT2D eigenvalue weighted by molar-refractivity contribution is -0.133. The number of amides is 2. The highest BCUT2D eigenvalue weighted by Gasteiger charge is 2.26. The third kappa shape index (κ3) is 3.03. The molecule has 1 unspecified atom stereocenters. The second-order valence-electron chi connectivity index (χ2n) is 3.93. The van der Waals surface area contributed by atoms with Crippen molar-refractivity contribution in [2.45, 2.75) is 18.9 Å². The van der Waals surface area contributed by atoms with Gasteiger partial charge in [-0.25, -0.2) is 9.78 Å². The lowest BCUT2D eigenvalue weighted by Crippen LogP contribution is -2.47. The highest BCUT2D eigenvalue weighted by molar-refractivity contribution is 6.01. The number of esters is 1. The van der Waals surface area contributed by atoms with Gasteiger partial charge in [0.1, 0.15) is 11.9 Å². The van der Waals surface area contributed by atoms with Crippen molar-refractivity contribution < 1.29 is 19.1 Å². The van der Waals surface area contributed by atoms with Crippen molar-refractivity contribution >= 4 is 23.6 Å². The van der Waals surface area contributed by atoms with Crippen LogP contribution in [0.1, 0.15) is 23.3 Å². The van der Waals surface area contributed by atoms with Crippen molar-refractivity contribution in [2.75, 3.05) is 12.4 Å². The van der Waals surface area contributed by atoms with Crippen molar-refractivity contribution in [1.29, 1.82) is 0 Å². The Labute approximate surface area is 108 Å². The van der Waals surface area contributed by atoms with Gasteiger partial charge in [-0.05, 0) is 6.42 Å². The van der Waals surface area contributed by atoms with E-state index in [1.165, 1.54) is 19.5 Å². The quantitative estimate of drug-likeness (QED) is 0.558. The Morgan fingerprint density at radius 1 is 1.47 bits per heavy atom. The van der Waals surface area contributed by atoms with Crippen molar-refractivity contribution in [1.82, 2.24) is 15.3 Å². The monoisotopic (exact) mass is 264 g/mol. The second-order valence-corrected chi connectivity index (χ2v) is 3.93. The third-order valence-corrected chi connectivity index (χ3v) is 2.59. The van der Waals surface area contributed by atoms with E-state index in [9.17, 15) is 14.4 Å². The summed E-state index contributed by atoms with van der Waals surface area (Å²) in [6.45, 7) is 0. The first-order valence-corrected chi connectivity index (χ1v) is 5.60. The van der Waals surface area contributed by atoms with Crippen LogP contribution in [-0.4, -0.2) is 40.9 Å². The van der Waals surface area contributed by atoms with Gasteiger partial charge in [-0.2, -0.15) is 0 Å². The highest BCUT2D eigenvalue weighted by atomic mass is 16.5. The van der Waals surface area contributed by atoms with E-state index in [2.05, 4.69) is 25.3 Å². The predicted octanol–water partition coefficient (Wildman–Crippen LogP) is -0.520. The predicted molar refractivity (Wildman–Crippen MR) is 63.2 cm³/mol. The van der Waals surface area contributed by atoms with Crippen molar-refractivity contribution in [3.63, 3.8) is 0 Å². The summed E-state index contributed by atoms with van der Waals surface area (Å²) in [5, 5.41) is 5.04. The van der Waals surface area contributed by atoms with Crippen LogP contribution in [0.25, 0.3) is 0 Å². The van der Waals surface area contributed by atoms with Crippen LogP contribution < -0.4 is 10.6 Å². The van der Waals surface area contributed by atoms with E-state index in [0.29, 0.717) is 6.42 Å². The molecular weight excluding hydrogens is 252 g/mol. The van der Waals surface area contributed by atoms with Gasteiger partial charge in [0.15, 0.2) is 5.69 Å². The van der Waals surface area contributed by atoms with E-state index in [4.69, 9.17) is 0 Å². The molecule has 2 amide bonds. The molecule has 0 aromatic carbocycles. The van der Waals surface area contributed by atoms with Gasteiger partial charge in [0.05, 0.1) is 19.5 Å². The minimum absolute atomic E-state index is 0.0415. The Morgan fingerprint density at radius 3 is 2.95 bits per heavy atom. The second kappa shape index (κ2) is 5.42. The Kier molecular flexibility index (Phi) is 3.69. The number of ether oxygens (including phenoxy) is 1. The van der Waals surface area contributed by atoms with E-state index in [1.54, 1.807) is 0 Å². The van der Waals surface area contributed by atoms with Crippen molar-refractivity contribution in [2.24, 2.45) is 0 Å². The van der Waals surface area contributed by atoms with Crippen LogP contribution in [0, 0.1) is 0 Å². The minimum atomic E-state index is -0.612. The zero-order valence-electron chi connectivity index (χ0n) is 10.2. The molecule has 2 rings (SSSR count). The van der Waals surface area contributed by atoms with Crippen LogP contribution in [0.3, 0.4) is 0 Å². The highest BCUT2D eigenvalue weighted by Crippen LogP contribution is 2.11. The van der Waals surface area contributed by atoms with E-state index in [0.717, 1.165) is 0 Å². The molecule has 2 heterocycles. The Bertz CT molecular complexity index is 531. The van der Waals surface area contributed by atoms with Crippen molar-refractivity contribution in [3.05, 3.63) is 18.1 Å². The molecule has 100 valence electrons. The molecule has 0 saturated carbocycles. The van der Waals surface area contributed by atoms with E-state index < -0.39 is 17.9 Å². The number of hydrogen-bond donors (Lipinski definition) is 2. The minimum Gasteiger partial charge on any atom is -0.464 e. The first-order chi connectivity index (χ1) is 9.10. The Morgan fingerprint density at radius 2 is 2.26 bits per heavy atom. The van der Waals surface area contributed by atoms with Gasteiger partial charge in [-0.15, -0.1) is 0 Å². The number of hydrogen-bond acceptors (Lipinski definition) is 7. The molecule has 0 radical (unpaired) electrons. The van der Waals surface area contributed by atoms with Gasteiger partial charge in [-0.3, -0.25) is 19.9 Å². The van der Waals surface area contributed by atoms with Gasteiger partial charge in [0.25, 0.3) is 0 Å². The molecule has 1 aliphatic rings. The standard InChI is InChI=1S/C11H12N4O4/c1-19-11(18)7-4-12-5-8(14-7)13-6-2-3-9(16)15-10(6)17/h4-6H,2-3H2,1H3,(H,13,14)(H,15,16,17). The number of anilines is 1. The van der Waals surface area contributed by atoms with Crippen LogP contribution in [0.15, 0.2) is 12.4 Å². The Hall–Kier alpha value is -2.51. The van der Waals surface area contributed by atoms with Crippen molar-refractivity contribution in [3.8, 4) is 0 Å². The molecule has 1 atom stereocenters. The number of aromatic nitrogens is 2. The SMILES string of the molecule is COC(=O)c1cncc(NC2CCC(=O)NC2=O)n1. The van der Waals surface area contributed by atoms with Gasteiger partial charge in [-0.1, -0.05) is 0 Å². The molecule has 0 spiro atoms. The molecule has 2 N–H and O–H groups in total. The van der Waals surface area contributed by atoms with Crippen LogP contribution in [0.5, 0.6) is 0 Å². The average Bonchev–Trinajstić information content (AvgIpc) is 2.41. The molecule has 1 aromatic heterocycles. The van der Waals surface area contributed by atoms with Gasteiger partial charge < -0.3 is 10.1 Å². The zero-order valence-corrected chi connectivity index (χ0v) is 10.2. The summed E-state index contributed by atoms with van der Waals surface area (Å²) in [5.41, 5.74) is 0.0415. The maximum Gasteiger partial charge on any atom is 0.358 e. The first kappa shape index (κ1) is 12.9. The fourth-order valence-corrected chi connectivity index (χ4v) is 1.65. The molecule has 8 nitrogen and oxygen atoms in total. The number of nitrogens with zero attached hydrogens (tertiary/aromatic N) is 2. The van der Waals surface area contributed by atoms with Crippen LogP contribution >= 0.6 is 0 Å². The number of methoxy groups -OCH3 is 1. The lowest BCUT2D eigenvalue weighted by Gasteiger charge is -2.22.